The van der Waals surface area contributed by atoms with Gasteiger partial charge in [0.15, 0.2) is 0 Å². The van der Waals surface area contributed by atoms with Gasteiger partial charge in [-0.25, -0.2) is 4.39 Å². The normalized spacial score (nSPS) is 11.5. The van der Waals surface area contributed by atoms with Crippen molar-refractivity contribution in [1.29, 1.82) is 5.26 Å². The molecule has 18 heavy (non-hydrogen) atoms. The summed E-state index contributed by atoms with van der Waals surface area (Å²) in [5.74, 6) is -0.384. The van der Waals surface area contributed by atoms with Crippen LogP contribution in [0.5, 0.6) is 0 Å². The molecule has 0 spiro atoms. The highest BCUT2D eigenvalue weighted by atomic mass is 19.1. The van der Waals surface area contributed by atoms with Gasteiger partial charge in [0.05, 0.1) is 17.0 Å². The maximum atomic E-state index is 13.2. The first-order valence-corrected chi connectivity index (χ1v) is 5.58. The predicted octanol–water partition coefficient (Wildman–Crippen LogP) is 2.48. The molecular formula is C14H13FN2O. The van der Waals surface area contributed by atoms with E-state index in [2.05, 4.69) is 6.07 Å². The van der Waals surface area contributed by atoms with Crippen LogP contribution in [0.1, 0.15) is 19.4 Å². The summed E-state index contributed by atoms with van der Waals surface area (Å²) < 4.78 is 14.6. The molecule has 0 N–H and O–H groups in total. The lowest BCUT2D eigenvalue weighted by atomic mass is 9.86. The molecule has 0 fully saturated rings. The Bertz CT molecular complexity index is 723. The molecule has 1 heterocycles. The van der Waals surface area contributed by atoms with Crippen molar-refractivity contribution in [2.45, 2.75) is 19.3 Å². The van der Waals surface area contributed by atoms with E-state index in [1.807, 2.05) is 0 Å². The minimum Gasteiger partial charge on any atom is -0.311 e. The van der Waals surface area contributed by atoms with Gasteiger partial charge in [-0.2, -0.15) is 5.26 Å². The van der Waals surface area contributed by atoms with Crippen LogP contribution in [0.2, 0.25) is 0 Å². The van der Waals surface area contributed by atoms with E-state index in [0.29, 0.717) is 11.1 Å². The summed E-state index contributed by atoms with van der Waals surface area (Å²) in [4.78, 5) is 12.2. The number of rotatable bonds is 1. The maximum absolute atomic E-state index is 13.2. The van der Waals surface area contributed by atoms with E-state index in [9.17, 15) is 9.18 Å². The number of aryl methyl sites for hydroxylation is 1. The van der Waals surface area contributed by atoms with E-state index in [0.717, 1.165) is 5.39 Å². The van der Waals surface area contributed by atoms with E-state index >= 15 is 0 Å². The number of aromatic nitrogens is 1. The number of hydrogen-bond donors (Lipinski definition) is 0. The van der Waals surface area contributed by atoms with Gasteiger partial charge < -0.3 is 4.57 Å². The van der Waals surface area contributed by atoms with E-state index in [4.69, 9.17) is 5.26 Å². The van der Waals surface area contributed by atoms with Crippen LogP contribution in [0.4, 0.5) is 4.39 Å². The highest BCUT2D eigenvalue weighted by molar-refractivity contribution is 5.80. The van der Waals surface area contributed by atoms with Gasteiger partial charge >= 0.3 is 0 Å². The standard InChI is InChI=1S/C14H13FN2O/c1-14(2,8-16)11-6-9-4-5-10(15)7-12(9)17(3)13(11)18/h4-7H,1-3H3. The topological polar surface area (TPSA) is 45.8 Å². The van der Waals surface area contributed by atoms with Gasteiger partial charge in [-0.3, -0.25) is 4.79 Å². The molecule has 2 rings (SSSR count). The molecule has 4 heteroatoms. The van der Waals surface area contributed by atoms with Crippen LogP contribution in [-0.4, -0.2) is 4.57 Å². The molecule has 2 aromatic rings. The van der Waals surface area contributed by atoms with Gasteiger partial charge in [0, 0.05) is 12.6 Å². The van der Waals surface area contributed by atoms with Crippen LogP contribution in [0.15, 0.2) is 29.1 Å². The van der Waals surface area contributed by atoms with Gasteiger partial charge in [0.1, 0.15) is 5.82 Å². The number of pyridine rings is 1. The third-order valence-corrected chi connectivity index (χ3v) is 3.14. The van der Waals surface area contributed by atoms with Gasteiger partial charge in [0.2, 0.25) is 0 Å². The van der Waals surface area contributed by atoms with Gasteiger partial charge in [-0.1, -0.05) is 0 Å². The van der Waals surface area contributed by atoms with Crippen molar-refractivity contribution in [3.8, 4) is 6.07 Å². The van der Waals surface area contributed by atoms with Crippen molar-refractivity contribution in [2.75, 3.05) is 0 Å². The molecule has 0 aliphatic carbocycles. The summed E-state index contributed by atoms with van der Waals surface area (Å²) in [5, 5.41) is 9.87. The van der Waals surface area contributed by atoms with Gasteiger partial charge in [-0.15, -0.1) is 0 Å². The molecule has 0 amide bonds. The lowest BCUT2D eigenvalue weighted by Crippen LogP contribution is -2.30. The van der Waals surface area contributed by atoms with Crippen LogP contribution in [-0.2, 0) is 12.5 Å². The molecule has 92 valence electrons. The van der Waals surface area contributed by atoms with Crippen LogP contribution in [0, 0.1) is 17.1 Å². The second-order valence-corrected chi connectivity index (χ2v) is 4.86. The summed E-state index contributed by atoms with van der Waals surface area (Å²) in [6, 6.07) is 8.06. The molecule has 0 aliphatic rings. The summed E-state index contributed by atoms with van der Waals surface area (Å²) in [6.45, 7) is 3.39. The Morgan fingerprint density at radius 1 is 1.33 bits per heavy atom. The molecule has 0 aliphatic heterocycles. The van der Waals surface area contributed by atoms with Gasteiger partial charge in [0.25, 0.3) is 5.56 Å². The van der Waals surface area contributed by atoms with Crippen LogP contribution in [0.3, 0.4) is 0 Å². The Kier molecular flexibility index (Phi) is 2.70. The highest BCUT2D eigenvalue weighted by Crippen LogP contribution is 2.23. The minimum absolute atomic E-state index is 0.264. The quantitative estimate of drug-likeness (QED) is 0.773. The van der Waals surface area contributed by atoms with E-state index in [1.165, 1.54) is 16.7 Å². The van der Waals surface area contributed by atoms with E-state index < -0.39 is 5.41 Å². The average molecular weight is 244 g/mol. The average Bonchev–Trinajstić information content (AvgIpc) is 2.34. The molecule has 0 radical (unpaired) electrons. The largest absolute Gasteiger partial charge is 0.311 e. The Morgan fingerprint density at radius 2 is 2.00 bits per heavy atom. The number of benzene rings is 1. The Hall–Kier alpha value is -2.15. The second kappa shape index (κ2) is 3.95. The molecule has 0 atom stereocenters. The first kappa shape index (κ1) is 12.3. The fraction of sp³-hybridized carbons (Fsp3) is 0.286. The molecule has 3 nitrogen and oxygen atoms in total. The van der Waals surface area contributed by atoms with Crippen molar-refractivity contribution >= 4 is 10.9 Å². The fourth-order valence-electron chi connectivity index (χ4n) is 1.94. The number of hydrogen-bond acceptors (Lipinski definition) is 2. The molecule has 1 aromatic carbocycles. The fourth-order valence-corrected chi connectivity index (χ4v) is 1.94. The summed E-state index contributed by atoms with van der Waals surface area (Å²) in [6.07, 6.45) is 0. The van der Waals surface area contributed by atoms with Gasteiger partial charge in [-0.05, 0) is 43.5 Å². The zero-order chi connectivity index (χ0) is 13.5. The second-order valence-electron chi connectivity index (χ2n) is 4.86. The third kappa shape index (κ3) is 1.78. The van der Waals surface area contributed by atoms with Crippen LogP contribution in [0.25, 0.3) is 10.9 Å². The smallest absolute Gasteiger partial charge is 0.255 e. The summed E-state index contributed by atoms with van der Waals surface area (Å²) >= 11 is 0. The number of nitriles is 1. The molecular weight excluding hydrogens is 231 g/mol. The number of fused-ring (bicyclic) bond motifs is 1. The molecule has 0 saturated carbocycles. The van der Waals surface area contributed by atoms with E-state index in [-0.39, 0.29) is 11.4 Å². The lowest BCUT2D eigenvalue weighted by Gasteiger charge is -2.17. The summed E-state index contributed by atoms with van der Waals surface area (Å²) in [7, 11) is 1.58. The zero-order valence-electron chi connectivity index (χ0n) is 10.5. The van der Waals surface area contributed by atoms with Crippen molar-refractivity contribution in [3.63, 3.8) is 0 Å². The van der Waals surface area contributed by atoms with Crippen molar-refractivity contribution in [2.24, 2.45) is 7.05 Å². The van der Waals surface area contributed by atoms with Crippen molar-refractivity contribution in [1.82, 2.24) is 4.57 Å². The first-order valence-electron chi connectivity index (χ1n) is 5.58. The minimum atomic E-state index is -0.864. The summed E-state index contributed by atoms with van der Waals surface area (Å²) in [5.41, 5.74) is -0.180. The Balaban J connectivity index is 2.90. The predicted molar refractivity (Wildman–Crippen MR) is 67.8 cm³/mol. The zero-order valence-corrected chi connectivity index (χ0v) is 10.5. The maximum Gasteiger partial charge on any atom is 0.255 e. The molecule has 0 bridgehead atoms. The van der Waals surface area contributed by atoms with Crippen molar-refractivity contribution in [3.05, 3.63) is 46.0 Å². The monoisotopic (exact) mass is 244 g/mol. The van der Waals surface area contributed by atoms with E-state index in [1.54, 1.807) is 33.0 Å². The lowest BCUT2D eigenvalue weighted by molar-refractivity contribution is 0.627. The SMILES string of the molecule is Cn1c(=O)c(C(C)(C)C#N)cc2ccc(F)cc21. The Morgan fingerprint density at radius 3 is 2.61 bits per heavy atom. The molecule has 0 unspecified atom stereocenters. The van der Waals surface area contributed by atoms with Crippen LogP contribution < -0.4 is 5.56 Å². The number of halogens is 1. The van der Waals surface area contributed by atoms with Crippen LogP contribution >= 0.6 is 0 Å². The first-order chi connectivity index (χ1) is 8.36. The molecule has 1 aromatic heterocycles. The van der Waals surface area contributed by atoms with Crippen molar-refractivity contribution < 1.29 is 4.39 Å². The third-order valence-electron chi connectivity index (χ3n) is 3.14. The number of nitrogens with zero attached hydrogens (tertiary/aromatic N) is 2. The highest BCUT2D eigenvalue weighted by Gasteiger charge is 2.24. The Labute approximate surface area is 104 Å². The molecule has 0 saturated heterocycles.